The predicted molar refractivity (Wildman–Crippen MR) is 195 cm³/mol. The molecule has 0 spiro atoms. The van der Waals surface area contributed by atoms with Crippen molar-refractivity contribution in [3.63, 3.8) is 0 Å². The Bertz CT molecular complexity index is 2110. The van der Waals surface area contributed by atoms with Crippen LogP contribution in [0.3, 0.4) is 0 Å². The predicted octanol–water partition coefficient (Wildman–Crippen LogP) is 5.07. The van der Waals surface area contributed by atoms with Crippen molar-refractivity contribution in [3.05, 3.63) is 146 Å². The van der Waals surface area contributed by atoms with E-state index in [4.69, 9.17) is 36.3 Å². The van der Waals surface area contributed by atoms with Gasteiger partial charge in [0.1, 0.15) is 16.8 Å². The molecule has 6 aromatic rings. The number of nitrogen functional groups attached to an aromatic ring is 1. The van der Waals surface area contributed by atoms with Crippen molar-refractivity contribution in [3.8, 4) is 23.3 Å². The van der Waals surface area contributed by atoms with Crippen molar-refractivity contribution in [2.75, 3.05) is 39.5 Å². The van der Waals surface area contributed by atoms with Crippen LogP contribution < -0.4 is 41.1 Å². The zero-order valence-electron chi connectivity index (χ0n) is 28.4. The highest BCUT2D eigenvalue weighted by atomic mass is 35.5. The molecule has 2 aromatic carbocycles. The molecule has 0 atom stereocenters. The van der Waals surface area contributed by atoms with Crippen LogP contribution in [0.25, 0.3) is 0 Å². The second kappa shape index (κ2) is 19.0. The summed E-state index contributed by atoms with van der Waals surface area (Å²) >= 11 is 5.71. The van der Waals surface area contributed by atoms with E-state index in [-0.39, 0.29) is 11.1 Å². The maximum atomic E-state index is 12.0. The van der Waals surface area contributed by atoms with Crippen molar-refractivity contribution in [1.29, 1.82) is 0 Å². The number of anilines is 3. The molecule has 0 aliphatic heterocycles. The fourth-order valence-electron chi connectivity index (χ4n) is 4.35. The van der Waals surface area contributed by atoms with Gasteiger partial charge in [-0.2, -0.15) is 20.2 Å². The van der Waals surface area contributed by atoms with Gasteiger partial charge in [0.25, 0.3) is 22.9 Å². The van der Waals surface area contributed by atoms with Gasteiger partial charge in [0.2, 0.25) is 0 Å². The molecule has 6 rings (SSSR count). The van der Waals surface area contributed by atoms with Crippen LogP contribution in [0.2, 0.25) is 5.15 Å². The molecule has 0 aliphatic carbocycles. The van der Waals surface area contributed by atoms with E-state index in [2.05, 4.69) is 25.5 Å². The topological polar surface area (TPSA) is 171 Å². The van der Waals surface area contributed by atoms with Crippen molar-refractivity contribution in [2.24, 2.45) is 0 Å². The summed E-state index contributed by atoms with van der Waals surface area (Å²) in [5, 5.41) is 11.7. The zero-order valence-corrected chi connectivity index (χ0v) is 29.2. The first-order valence-corrected chi connectivity index (χ1v) is 15.7. The molecule has 3 N–H and O–H groups in total. The van der Waals surface area contributed by atoms with E-state index in [0.717, 1.165) is 11.1 Å². The molecule has 0 aliphatic rings. The molecular weight excluding hydrogens is 676 g/mol. The SMILES string of the molecule is COc1ccc(N)nc1OC.COc1ccc(Nc2ccc(=O)n(Cc3ccccc3)n2)nc1OC.O=c1ccc(Cl)nn1Cc1ccccc1. The molecule has 0 bridgehead atoms. The van der Waals surface area contributed by atoms with Gasteiger partial charge in [-0.15, -0.1) is 0 Å². The Morgan fingerprint density at radius 1 is 0.588 bits per heavy atom. The lowest BCUT2D eigenvalue weighted by Gasteiger charge is -2.11. The van der Waals surface area contributed by atoms with Crippen molar-refractivity contribution in [1.82, 2.24) is 29.5 Å². The van der Waals surface area contributed by atoms with Gasteiger partial charge in [0.05, 0.1) is 41.5 Å². The summed E-state index contributed by atoms with van der Waals surface area (Å²) in [5.41, 5.74) is 7.11. The smallest absolute Gasteiger partial charge is 0.267 e. The van der Waals surface area contributed by atoms with Gasteiger partial charge in [0.15, 0.2) is 17.3 Å². The van der Waals surface area contributed by atoms with Crippen LogP contribution >= 0.6 is 11.6 Å². The number of halogens is 1. The maximum absolute atomic E-state index is 12.0. The minimum atomic E-state index is -0.172. The molecule has 0 saturated carbocycles. The Hall–Kier alpha value is -6.41. The first-order chi connectivity index (χ1) is 24.7. The van der Waals surface area contributed by atoms with E-state index < -0.39 is 0 Å². The number of hydrogen-bond acceptors (Lipinski definition) is 12. The highest BCUT2D eigenvalue weighted by Gasteiger charge is 2.08. The molecule has 0 saturated heterocycles. The number of ether oxygens (including phenoxy) is 4. The second-order valence-electron chi connectivity index (χ2n) is 10.3. The highest BCUT2D eigenvalue weighted by Crippen LogP contribution is 2.27. The number of nitrogens with one attached hydrogen (secondary N) is 1. The lowest BCUT2D eigenvalue weighted by atomic mass is 10.2. The Morgan fingerprint density at radius 2 is 1.08 bits per heavy atom. The summed E-state index contributed by atoms with van der Waals surface area (Å²) in [6, 6.07) is 32.2. The van der Waals surface area contributed by atoms with Crippen LogP contribution in [0.4, 0.5) is 17.5 Å². The third kappa shape index (κ3) is 11.3. The quantitative estimate of drug-likeness (QED) is 0.194. The Balaban J connectivity index is 0.000000190. The summed E-state index contributed by atoms with van der Waals surface area (Å²) in [6.45, 7) is 0.842. The fourth-order valence-corrected chi connectivity index (χ4v) is 4.51. The van der Waals surface area contributed by atoms with Gasteiger partial charge in [-0.1, -0.05) is 72.3 Å². The van der Waals surface area contributed by atoms with E-state index in [9.17, 15) is 9.59 Å². The van der Waals surface area contributed by atoms with Crippen LogP contribution in [-0.4, -0.2) is 58.0 Å². The van der Waals surface area contributed by atoms with Crippen LogP contribution in [0.5, 0.6) is 23.3 Å². The number of pyridine rings is 2. The molecule has 4 heterocycles. The standard InChI is InChI=1S/C18H18N4O3.C11H9ClN2O.C7H10N2O2/c1-24-14-8-9-15(20-18(14)25-2)19-16-10-11-17(23)22(21-16)12-13-6-4-3-5-7-13;12-10-6-7-11(15)14(13-10)8-9-4-2-1-3-5-9;1-10-5-3-4-6(8)9-7(5)11-2/h3-11H,12H2,1-2H3,(H,19,20,21);1-7H,8H2;3-4H,1-2H3,(H2,8,9). The van der Waals surface area contributed by atoms with E-state index in [0.29, 0.717) is 59.0 Å². The molecule has 0 unspecified atom stereocenters. The lowest BCUT2D eigenvalue weighted by molar-refractivity contribution is 0.343. The largest absolute Gasteiger partial charge is 0.491 e. The summed E-state index contributed by atoms with van der Waals surface area (Å²) in [6.07, 6.45) is 0. The van der Waals surface area contributed by atoms with Gasteiger partial charge in [0, 0.05) is 12.1 Å². The third-order valence-electron chi connectivity index (χ3n) is 6.81. The molecule has 0 amide bonds. The Kier molecular flexibility index (Phi) is 13.9. The van der Waals surface area contributed by atoms with Crippen LogP contribution in [0, 0.1) is 0 Å². The molecule has 15 heteroatoms. The van der Waals surface area contributed by atoms with Crippen LogP contribution in [0.1, 0.15) is 11.1 Å². The number of rotatable bonds is 10. The van der Waals surface area contributed by atoms with Gasteiger partial charge < -0.3 is 30.0 Å². The maximum Gasteiger partial charge on any atom is 0.267 e. The third-order valence-corrected chi connectivity index (χ3v) is 7.01. The van der Waals surface area contributed by atoms with Gasteiger partial charge in [-0.25, -0.2) is 9.36 Å². The lowest BCUT2D eigenvalue weighted by Crippen LogP contribution is -2.23. The van der Waals surface area contributed by atoms with E-state index in [1.165, 1.54) is 41.8 Å². The molecular formula is C36H37ClN8O6. The normalized spacial score (nSPS) is 10.1. The number of methoxy groups -OCH3 is 4. The number of nitrogens with zero attached hydrogens (tertiary/aromatic N) is 6. The minimum absolute atomic E-state index is 0.150. The summed E-state index contributed by atoms with van der Waals surface area (Å²) < 4.78 is 22.9. The monoisotopic (exact) mass is 712 g/mol. The minimum Gasteiger partial charge on any atom is -0.491 e. The number of benzene rings is 2. The first kappa shape index (κ1) is 37.4. The van der Waals surface area contributed by atoms with Crippen molar-refractivity contribution < 1.29 is 18.9 Å². The fraction of sp³-hybridized carbons (Fsp3) is 0.167. The summed E-state index contributed by atoms with van der Waals surface area (Å²) in [5.74, 6) is 3.36. The first-order valence-electron chi connectivity index (χ1n) is 15.3. The Morgan fingerprint density at radius 3 is 1.63 bits per heavy atom. The molecule has 51 heavy (non-hydrogen) atoms. The van der Waals surface area contributed by atoms with Gasteiger partial charge >= 0.3 is 0 Å². The summed E-state index contributed by atoms with van der Waals surface area (Å²) in [4.78, 5) is 31.7. The van der Waals surface area contributed by atoms with Crippen LogP contribution in [-0.2, 0) is 13.1 Å². The van der Waals surface area contributed by atoms with E-state index >= 15 is 0 Å². The van der Waals surface area contributed by atoms with Crippen LogP contribution in [0.15, 0.2) is 119 Å². The van der Waals surface area contributed by atoms with E-state index in [1.54, 1.807) is 44.6 Å². The molecule has 264 valence electrons. The van der Waals surface area contributed by atoms with E-state index in [1.807, 2.05) is 60.7 Å². The number of nitrogens with two attached hydrogens (primary N) is 1. The summed E-state index contributed by atoms with van der Waals surface area (Å²) in [7, 11) is 6.14. The average molecular weight is 713 g/mol. The molecule has 4 aromatic heterocycles. The molecule has 14 nitrogen and oxygen atoms in total. The molecule has 0 radical (unpaired) electrons. The highest BCUT2D eigenvalue weighted by molar-refractivity contribution is 6.29. The van der Waals surface area contributed by atoms with Gasteiger partial charge in [-0.05, 0) is 47.5 Å². The van der Waals surface area contributed by atoms with Crippen molar-refractivity contribution in [2.45, 2.75) is 13.1 Å². The van der Waals surface area contributed by atoms with Crippen molar-refractivity contribution >= 4 is 29.1 Å². The number of hydrogen-bond donors (Lipinski definition) is 2. The second-order valence-corrected chi connectivity index (χ2v) is 10.7. The number of aromatic nitrogens is 6. The van der Waals surface area contributed by atoms with Gasteiger partial charge in [-0.3, -0.25) is 9.59 Å². The Labute approximate surface area is 299 Å². The zero-order chi connectivity index (χ0) is 36.6. The average Bonchev–Trinajstić information content (AvgIpc) is 3.15. The molecule has 0 fully saturated rings.